The van der Waals surface area contributed by atoms with Gasteiger partial charge in [0.2, 0.25) is 11.8 Å². The molecular formula is C19H27BrN2O4. The van der Waals surface area contributed by atoms with Crippen molar-refractivity contribution >= 4 is 27.7 Å². The summed E-state index contributed by atoms with van der Waals surface area (Å²) in [4.78, 5) is 26.2. The van der Waals surface area contributed by atoms with Gasteiger partial charge in [0.05, 0.1) is 20.1 Å². The molecule has 0 spiro atoms. The number of ether oxygens (including phenoxy) is 2. The number of amides is 2. The Bertz CT molecular complexity index is 663. The highest BCUT2D eigenvalue weighted by Crippen LogP contribution is 2.33. The van der Waals surface area contributed by atoms with Crippen molar-refractivity contribution in [2.75, 3.05) is 33.9 Å². The van der Waals surface area contributed by atoms with Gasteiger partial charge in [-0.25, -0.2) is 0 Å². The van der Waals surface area contributed by atoms with Crippen LogP contribution in [0, 0.1) is 11.8 Å². The summed E-state index contributed by atoms with van der Waals surface area (Å²) < 4.78 is 11.5. The van der Waals surface area contributed by atoms with Crippen molar-refractivity contribution in [3.05, 3.63) is 22.2 Å². The van der Waals surface area contributed by atoms with Gasteiger partial charge in [0, 0.05) is 30.5 Å². The predicted octanol–water partition coefficient (Wildman–Crippen LogP) is 2.63. The first kappa shape index (κ1) is 20.6. The molecule has 0 bridgehead atoms. The van der Waals surface area contributed by atoms with E-state index in [1.54, 1.807) is 19.1 Å². The number of likely N-dealkylation sites (tertiary alicyclic amines) is 1. The zero-order valence-electron chi connectivity index (χ0n) is 15.8. The zero-order valence-corrected chi connectivity index (χ0v) is 17.4. The molecule has 1 aromatic rings. The molecule has 0 aromatic heterocycles. The van der Waals surface area contributed by atoms with Crippen LogP contribution in [0.5, 0.6) is 11.5 Å². The summed E-state index contributed by atoms with van der Waals surface area (Å²) in [7, 11) is 3.19. The highest BCUT2D eigenvalue weighted by Gasteiger charge is 2.34. The largest absolute Gasteiger partial charge is 0.493 e. The second kappa shape index (κ2) is 9.26. The van der Waals surface area contributed by atoms with Crippen LogP contribution in [-0.2, 0) is 16.0 Å². The third-order valence-electron chi connectivity index (χ3n) is 4.42. The maximum atomic E-state index is 12.4. The number of carbonyl (C=O) groups is 2. The lowest BCUT2D eigenvalue weighted by molar-refractivity contribution is -0.129. The van der Waals surface area contributed by atoms with Gasteiger partial charge in [-0.05, 0) is 30.0 Å². The molecule has 26 heavy (non-hydrogen) atoms. The molecule has 0 saturated carbocycles. The topological polar surface area (TPSA) is 67.9 Å². The molecule has 1 aliphatic rings. The fourth-order valence-electron chi connectivity index (χ4n) is 3.12. The summed E-state index contributed by atoms with van der Waals surface area (Å²) in [6.45, 7) is 5.87. The van der Waals surface area contributed by atoms with Gasteiger partial charge in [-0.15, -0.1) is 0 Å². The third kappa shape index (κ3) is 5.13. The second-order valence-corrected chi connectivity index (χ2v) is 7.79. The third-order valence-corrected chi connectivity index (χ3v) is 5.16. The smallest absolute Gasteiger partial charge is 0.225 e. The zero-order chi connectivity index (χ0) is 19.3. The van der Waals surface area contributed by atoms with E-state index in [2.05, 4.69) is 35.1 Å². The standard InChI is InChI=1S/C19H27BrN2O4/c1-12(2)10-22-11-14(8-18(22)23)19(24)21-6-5-13-7-16(25-3)17(26-4)9-15(13)20/h7,9,12,14H,5-6,8,10-11H2,1-4H3,(H,21,24). The SMILES string of the molecule is COc1cc(Br)c(CCNC(=O)C2CC(=O)N(CC(C)C)C2)cc1OC. The highest BCUT2D eigenvalue weighted by atomic mass is 79.9. The quantitative estimate of drug-likeness (QED) is 0.693. The minimum absolute atomic E-state index is 0.0544. The average molecular weight is 427 g/mol. The number of nitrogens with one attached hydrogen (secondary N) is 1. The molecule has 1 fully saturated rings. The van der Waals surface area contributed by atoms with Crippen LogP contribution < -0.4 is 14.8 Å². The van der Waals surface area contributed by atoms with Gasteiger partial charge in [-0.3, -0.25) is 9.59 Å². The number of rotatable bonds is 8. The van der Waals surface area contributed by atoms with Crippen LogP contribution in [0.1, 0.15) is 25.8 Å². The van der Waals surface area contributed by atoms with E-state index in [1.807, 2.05) is 12.1 Å². The lowest BCUT2D eigenvalue weighted by Gasteiger charge is -2.18. The molecule has 1 N–H and O–H groups in total. The van der Waals surface area contributed by atoms with E-state index < -0.39 is 0 Å². The Kier molecular flexibility index (Phi) is 7.32. The molecule has 1 unspecified atom stereocenters. The van der Waals surface area contributed by atoms with Gasteiger partial charge >= 0.3 is 0 Å². The predicted molar refractivity (Wildman–Crippen MR) is 103 cm³/mol. The monoisotopic (exact) mass is 426 g/mol. The highest BCUT2D eigenvalue weighted by molar-refractivity contribution is 9.10. The van der Waals surface area contributed by atoms with E-state index in [1.165, 1.54) is 0 Å². The Hall–Kier alpha value is -1.76. The van der Waals surface area contributed by atoms with Gasteiger partial charge < -0.3 is 19.7 Å². The van der Waals surface area contributed by atoms with Gasteiger partial charge in [0.1, 0.15) is 0 Å². The molecule has 2 amide bonds. The Morgan fingerprint density at radius 2 is 1.96 bits per heavy atom. The molecule has 1 aromatic carbocycles. The molecule has 6 nitrogen and oxygen atoms in total. The molecule has 1 saturated heterocycles. The minimum Gasteiger partial charge on any atom is -0.493 e. The lowest BCUT2D eigenvalue weighted by atomic mass is 10.1. The average Bonchev–Trinajstić information content (AvgIpc) is 2.95. The molecule has 1 aliphatic heterocycles. The van der Waals surface area contributed by atoms with Crippen LogP contribution >= 0.6 is 15.9 Å². The van der Waals surface area contributed by atoms with Gasteiger partial charge in [0.15, 0.2) is 11.5 Å². The van der Waals surface area contributed by atoms with Gasteiger partial charge in [-0.1, -0.05) is 29.8 Å². The number of methoxy groups -OCH3 is 2. The van der Waals surface area contributed by atoms with Crippen LogP contribution in [-0.4, -0.2) is 50.6 Å². The molecule has 1 heterocycles. The molecule has 0 radical (unpaired) electrons. The molecule has 7 heteroatoms. The Morgan fingerprint density at radius 3 is 2.58 bits per heavy atom. The number of carbonyl (C=O) groups excluding carboxylic acids is 2. The Labute approximate surface area is 163 Å². The van der Waals surface area contributed by atoms with Crippen LogP contribution in [0.2, 0.25) is 0 Å². The van der Waals surface area contributed by atoms with E-state index in [-0.39, 0.29) is 17.7 Å². The molecule has 1 atom stereocenters. The van der Waals surface area contributed by atoms with E-state index in [0.717, 1.165) is 10.0 Å². The first-order valence-corrected chi connectivity index (χ1v) is 9.60. The normalized spacial score (nSPS) is 16.9. The van der Waals surface area contributed by atoms with Crippen LogP contribution in [0.25, 0.3) is 0 Å². The molecule has 2 rings (SSSR count). The second-order valence-electron chi connectivity index (χ2n) is 6.93. The van der Waals surface area contributed by atoms with Crippen LogP contribution in [0.4, 0.5) is 0 Å². The summed E-state index contributed by atoms with van der Waals surface area (Å²) in [5.41, 5.74) is 1.02. The first-order valence-electron chi connectivity index (χ1n) is 8.81. The molecule has 0 aliphatic carbocycles. The van der Waals surface area contributed by atoms with Crippen molar-refractivity contribution in [1.29, 1.82) is 0 Å². The summed E-state index contributed by atoms with van der Waals surface area (Å²) in [6, 6.07) is 3.76. The number of halogens is 1. The van der Waals surface area contributed by atoms with Gasteiger partial charge in [0.25, 0.3) is 0 Å². The van der Waals surface area contributed by atoms with Crippen molar-refractivity contribution in [2.45, 2.75) is 26.7 Å². The minimum atomic E-state index is -0.255. The van der Waals surface area contributed by atoms with E-state index in [9.17, 15) is 9.59 Å². The summed E-state index contributed by atoms with van der Waals surface area (Å²) in [6.07, 6.45) is 0.960. The fraction of sp³-hybridized carbons (Fsp3) is 0.579. The number of nitrogens with zero attached hydrogens (tertiary/aromatic N) is 1. The summed E-state index contributed by atoms with van der Waals surface area (Å²) in [5.74, 6) is 1.48. The van der Waals surface area contributed by atoms with Crippen molar-refractivity contribution in [3.8, 4) is 11.5 Å². The Morgan fingerprint density at radius 1 is 1.31 bits per heavy atom. The Balaban J connectivity index is 1.88. The van der Waals surface area contributed by atoms with Gasteiger partial charge in [-0.2, -0.15) is 0 Å². The number of hydrogen-bond acceptors (Lipinski definition) is 4. The number of hydrogen-bond donors (Lipinski definition) is 1. The fourth-order valence-corrected chi connectivity index (χ4v) is 3.64. The van der Waals surface area contributed by atoms with Crippen molar-refractivity contribution < 1.29 is 19.1 Å². The molecular weight excluding hydrogens is 400 g/mol. The maximum Gasteiger partial charge on any atom is 0.225 e. The van der Waals surface area contributed by atoms with E-state index in [4.69, 9.17) is 9.47 Å². The number of benzene rings is 1. The van der Waals surface area contributed by atoms with Crippen LogP contribution in [0.3, 0.4) is 0 Å². The molecule has 144 valence electrons. The summed E-state index contributed by atoms with van der Waals surface area (Å²) in [5, 5.41) is 2.95. The van der Waals surface area contributed by atoms with Crippen molar-refractivity contribution in [2.24, 2.45) is 11.8 Å². The van der Waals surface area contributed by atoms with E-state index in [0.29, 0.717) is 49.9 Å². The van der Waals surface area contributed by atoms with Crippen molar-refractivity contribution in [1.82, 2.24) is 10.2 Å². The first-order chi connectivity index (χ1) is 12.3. The van der Waals surface area contributed by atoms with E-state index >= 15 is 0 Å². The van der Waals surface area contributed by atoms with Crippen LogP contribution in [0.15, 0.2) is 16.6 Å². The lowest BCUT2D eigenvalue weighted by Crippen LogP contribution is -2.35. The summed E-state index contributed by atoms with van der Waals surface area (Å²) >= 11 is 3.52. The maximum absolute atomic E-state index is 12.4. The van der Waals surface area contributed by atoms with Crippen molar-refractivity contribution in [3.63, 3.8) is 0 Å².